The summed E-state index contributed by atoms with van der Waals surface area (Å²) in [7, 11) is 4.14. The third-order valence-electron chi connectivity index (χ3n) is 4.29. The summed E-state index contributed by atoms with van der Waals surface area (Å²) in [5, 5.41) is 14.2. The Labute approximate surface area is 198 Å². The van der Waals surface area contributed by atoms with Crippen molar-refractivity contribution in [3.8, 4) is 0 Å². The highest BCUT2D eigenvalue weighted by molar-refractivity contribution is 7.99. The molecule has 3 heterocycles. The van der Waals surface area contributed by atoms with E-state index in [0.29, 0.717) is 21.0 Å². The Balaban J connectivity index is 1.56. The van der Waals surface area contributed by atoms with Crippen LogP contribution in [0, 0.1) is 0 Å². The van der Waals surface area contributed by atoms with E-state index in [1.54, 1.807) is 6.20 Å². The fourth-order valence-electron chi connectivity index (χ4n) is 2.72. The number of rotatable bonds is 9. The number of carbonyl (C=O) groups is 1. The maximum Gasteiger partial charge on any atom is 0.277 e. The van der Waals surface area contributed by atoms with Gasteiger partial charge in [-0.3, -0.25) is 10.1 Å². The third kappa shape index (κ3) is 6.16. The Morgan fingerprint density at radius 1 is 1.16 bits per heavy atom. The molecule has 0 spiro atoms. The van der Waals surface area contributed by atoms with E-state index in [0.717, 1.165) is 22.8 Å². The summed E-state index contributed by atoms with van der Waals surface area (Å²) >= 11 is 4.18. The summed E-state index contributed by atoms with van der Waals surface area (Å²) in [6.07, 6.45) is 4.15. The maximum atomic E-state index is 13.0. The highest BCUT2D eigenvalue weighted by atomic mass is 32.2. The van der Waals surface area contributed by atoms with Gasteiger partial charge in [-0.1, -0.05) is 23.9 Å². The lowest BCUT2D eigenvalue weighted by Crippen LogP contribution is -2.15. The summed E-state index contributed by atoms with van der Waals surface area (Å²) in [6.45, 7) is 1.00. The summed E-state index contributed by atoms with van der Waals surface area (Å²) in [6, 6.07) is 12.2. The number of benzene rings is 1. The monoisotopic (exact) mass is 483 g/mol. The molecule has 0 saturated carbocycles. The largest absolute Gasteiger partial charge is 0.322 e. The van der Waals surface area contributed by atoms with Crippen LogP contribution in [-0.2, 0) is 6.42 Å². The first-order chi connectivity index (χ1) is 15.6. The Morgan fingerprint density at radius 2 is 2.00 bits per heavy atom. The second kappa shape index (κ2) is 10.7. The molecule has 11 heteroatoms. The zero-order valence-electron chi connectivity index (χ0n) is 17.5. The fourth-order valence-corrected chi connectivity index (χ4v) is 4.81. The average molecular weight is 484 g/mol. The van der Waals surface area contributed by atoms with Crippen LogP contribution in [-0.4, -0.2) is 56.6 Å². The lowest BCUT2D eigenvalue weighted by Gasteiger charge is -2.11. The van der Waals surface area contributed by atoms with Gasteiger partial charge in [-0.25, -0.2) is 9.97 Å². The van der Waals surface area contributed by atoms with Crippen LogP contribution in [0.15, 0.2) is 74.3 Å². The van der Waals surface area contributed by atoms with Crippen LogP contribution in [0.5, 0.6) is 0 Å². The van der Waals surface area contributed by atoms with Crippen LogP contribution in [0.2, 0.25) is 0 Å². The summed E-state index contributed by atoms with van der Waals surface area (Å²) in [5.74, 6) is -0.301. The van der Waals surface area contributed by atoms with Crippen molar-refractivity contribution in [2.75, 3.05) is 26.0 Å². The van der Waals surface area contributed by atoms with Crippen molar-refractivity contribution in [2.45, 2.75) is 26.4 Å². The highest BCUT2D eigenvalue weighted by Gasteiger charge is 2.18. The summed E-state index contributed by atoms with van der Waals surface area (Å²) in [4.78, 5) is 28.7. The predicted octanol–water partition coefficient (Wildman–Crippen LogP) is 4.32. The van der Waals surface area contributed by atoms with Crippen LogP contribution < -0.4 is 5.32 Å². The zero-order chi connectivity index (χ0) is 22.3. The molecule has 4 aromatic rings. The van der Waals surface area contributed by atoms with Gasteiger partial charge in [0.15, 0.2) is 10.3 Å². The molecule has 4 rings (SSSR count). The Morgan fingerprint density at radius 3 is 2.69 bits per heavy atom. The van der Waals surface area contributed by atoms with Gasteiger partial charge in [-0.15, -0.1) is 21.5 Å². The van der Waals surface area contributed by atoms with E-state index in [9.17, 15) is 4.79 Å². The molecule has 3 aromatic heterocycles. The van der Waals surface area contributed by atoms with Crippen molar-refractivity contribution in [1.82, 2.24) is 30.0 Å². The molecule has 0 aliphatic carbocycles. The minimum Gasteiger partial charge on any atom is -0.322 e. The zero-order valence-corrected chi connectivity index (χ0v) is 19.9. The van der Waals surface area contributed by atoms with E-state index in [1.165, 1.54) is 46.8 Å². The number of amides is 1. The minimum absolute atomic E-state index is 0.301. The number of anilines is 1. The molecular weight excluding hydrogens is 462 g/mol. The lowest BCUT2D eigenvalue weighted by atomic mass is 10.1. The van der Waals surface area contributed by atoms with Gasteiger partial charge in [-0.2, -0.15) is 0 Å². The predicted molar refractivity (Wildman–Crippen MR) is 128 cm³/mol. The molecule has 0 bridgehead atoms. The molecule has 1 amide bonds. The highest BCUT2D eigenvalue weighted by Crippen LogP contribution is 2.33. The van der Waals surface area contributed by atoms with Gasteiger partial charge in [0, 0.05) is 27.9 Å². The normalized spacial score (nSPS) is 11.1. The van der Waals surface area contributed by atoms with E-state index >= 15 is 0 Å². The number of pyridine rings is 1. The Hall–Kier alpha value is -2.73. The van der Waals surface area contributed by atoms with E-state index in [4.69, 9.17) is 0 Å². The number of carbonyl (C=O) groups excluding carboxylic acids is 1. The van der Waals surface area contributed by atoms with Gasteiger partial charge in [-0.05, 0) is 62.1 Å². The smallest absolute Gasteiger partial charge is 0.277 e. The number of nitrogens with one attached hydrogen (secondary N) is 2. The molecule has 0 fully saturated rings. The Bertz CT molecular complexity index is 1150. The molecule has 164 valence electrons. The average Bonchev–Trinajstić information content (AvgIpc) is 3.48. The van der Waals surface area contributed by atoms with Crippen LogP contribution in [0.1, 0.15) is 16.1 Å². The SMILES string of the molecule is CN(C)CCc1ccc(Sc2ccc(Sc3nnc[nH]3)nc2C(=O)Nc2nccs2)cc1. The summed E-state index contributed by atoms with van der Waals surface area (Å²) < 4.78 is 0. The van der Waals surface area contributed by atoms with E-state index in [2.05, 4.69) is 73.7 Å². The first-order valence-electron chi connectivity index (χ1n) is 9.74. The first kappa shape index (κ1) is 22.5. The number of hydrogen-bond acceptors (Lipinski definition) is 9. The van der Waals surface area contributed by atoms with E-state index in [1.807, 2.05) is 17.5 Å². The van der Waals surface area contributed by atoms with Crippen molar-refractivity contribution in [3.63, 3.8) is 0 Å². The van der Waals surface area contributed by atoms with E-state index in [-0.39, 0.29) is 5.91 Å². The second-order valence-electron chi connectivity index (χ2n) is 6.98. The van der Waals surface area contributed by atoms with Gasteiger partial charge in [0.25, 0.3) is 5.91 Å². The first-order valence-corrected chi connectivity index (χ1v) is 12.3. The molecule has 8 nitrogen and oxygen atoms in total. The van der Waals surface area contributed by atoms with Crippen LogP contribution in [0.25, 0.3) is 0 Å². The second-order valence-corrected chi connectivity index (χ2v) is 10.0. The molecule has 0 unspecified atom stereocenters. The molecule has 0 radical (unpaired) electrons. The Kier molecular flexibility index (Phi) is 7.53. The molecule has 0 atom stereocenters. The topological polar surface area (TPSA) is 99.7 Å². The molecule has 0 aliphatic heterocycles. The number of thiazole rings is 1. The number of aromatic nitrogens is 5. The maximum absolute atomic E-state index is 13.0. The van der Waals surface area contributed by atoms with Gasteiger partial charge >= 0.3 is 0 Å². The number of H-pyrrole nitrogens is 1. The van der Waals surface area contributed by atoms with Crippen LogP contribution in [0.3, 0.4) is 0 Å². The standard InChI is InChI=1S/C21H21N7OS3/c1-28(2)11-9-14-3-5-15(6-4-14)31-16-7-8-17(32-21-23-13-24-27-21)25-18(16)19(29)26-20-22-10-12-30-20/h3-8,10,12-13H,9,11H2,1-2H3,(H,22,26,29)(H,23,24,27). The van der Waals surface area contributed by atoms with Crippen LogP contribution >= 0.6 is 34.9 Å². The number of aromatic amines is 1. The lowest BCUT2D eigenvalue weighted by molar-refractivity contribution is 0.101. The molecule has 32 heavy (non-hydrogen) atoms. The number of likely N-dealkylation sites (N-methyl/N-ethyl adjacent to an activating group) is 1. The minimum atomic E-state index is -0.301. The molecule has 0 aliphatic rings. The van der Waals surface area contributed by atoms with Crippen molar-refractivity contribution < 1.29 is 4.79 Å². The van der Waals surface area contributed by atoms with Crippen molar-refractivity contribution >= 4 is 45.9 Å². The van der Waals surface area contributed by atoms with Crippen molar-refractivity contribution in [2.24, 2.45) is 0 Å². The summed E-state index contributed by atoms with van der Waals surface area (Å²) in [5.41, 5.74) is 1.62. The third-order valence-corrected chi connectivity index (χ3v) is 6.87. The van der Waals surface area contributed by atoms with Crippen LogP contribution in [0.4, 0.5) is 5.13 Å². The van der Waals surface area contributed by atoms with Crippen molar-refractivity contribution in [3.05, 3.63) is 65.6 Å². The van der Waals surface area contributed by atoms with Gasteiger partial charge in [0.2, 0.25) is 0 Å². The molecular formula is C21H21N7OS3. The van der Waals surface area contributed by atoms with Gasteiger partial charge in [0.05, 0.1) is 0 Å². The molecule has 0 saturated heterocycles. The van der Waals surface area contributed by atoms with E-state index < -0.39 is 0 Å². The van der Waals surface area contributed by atoms with Gasteiger partial charge < -0.3 is 9.88 Å². The quantitative estimate of drug-likeness (QED) is 0.363. The number of nitrogens with zero attached hydrogens (tertiary/aromatic N) is 5. The number of hydrogen-bond donors (Lipinski definition) is 2. The fraction of sp³-hybridized carbons (Fsp3) is 0.190. The van der Waals surface area contributed by atoms with Crippen molar-refractivity contribution in [1.29, 1.82) is 0 Å². The van der Waals surface area contributed by atoms with Gasteiger partial charge in [0.1, 0.15) is 17.0 Å². The molecule has 1 aromatic carbocycles. The molecule has 2 N–H and O–H groups in total.